The van der Waals surface area contributed by atoms with Gasteiger partial charge in [0, 0.05) is 5.02 Å². The number of benzene rings is 1. The van der Waals surface area contributed by atoms with E-state index in [0.29, 0.717) is 5.41 Å². The van der Waals surface area contributed by atoms with Gasteiger partial charge in [-0.05, 0) is 36.0 Å². The lowest BCUT2D eigenvalue weighted by Crippen LogP contribution is -1.97. The molecule has 0 N–H and O–H groups in total. The molecule has 1 aliphatic rings. The van der Waals surface area contributed by atoms with E-state index in [2.05, 4.69) is 19.1 Å². The summed E-state index contributed by atoms with van der Waals surface area (Å²) in [6.45, 7) is 6.30. The Morgan fingerprint density at radius 1 is 1.08 bits per heavy atom. The van der Waals surface area contributed by atoms with Crippen molar-refractivity contribution < 1.29 is 0 Å². The normalized spacial score (nSPS) is 17.2. The fraction of sp³-hybridized carbons (Fsp3) is 0.500. The van der Waals surface area contributed by atoms with Crippen LogP contribution < -0.4 is 0 Å². The van der Waals surface area contributed by atoms with Crippen LogP contribution in [0.5, 0.6) is 0 Å². The minimum Gasteiger partial charge on any atom is -0.0843 e. The van der Waals surface area contributed by atoms with Crippen molar-refractivity contribution in [2.24, 2.45) is 0 Å². The van der Waals surface area contributed by atoms with Crippen molar-refractivity contribution in [1.82, 2.24) is 0 Å². The Morgan fingerprint density at radius 2 is 1.54 bits per heavy atom. The van der Waals surface area contributed by atoms with Crippen LogP contribution in [0.4, 0.5) is 0 Å². The van der Waals surface area contributed by atoms with Gasteiger partial charge in [0.15, 0.2) is 0 Å². The summed E-state index contributed by atoms with van der Waals surface area (Å²) in [5.41, 5.74) is 1.91. The minimum absolute atomic E-state index is 0.477. The maximum absolute atomic E-state index is 5.78. The number of halogens is 1. The van der Waals surface area contributed by atoms with Crippen molar-refractivity contribution in [3.63, 3.8) is 0 Å². The van der Waals surface area contributed by atoms with Gasteiger partial charge in [-0.25, -0.2) is 0 Å². The second-order valence-corrected chi connectivity index (χ2v) is 4.00. The first kappa shape index (κ1) is 10.6. The molecule has 2 rings (SSSR count). The lowest BCUT2D eigenvalue weighted by Gasteiger charge is -2.07. The molecule has 0 saturated heterocycles. The highest BCUT2D eigenvalue weighted by atomic mass is 35.5. The first-order valence-electron chi connectivity index (χ1n) is 4.97. The van der Waals surface area contributed by atoms with Crippen LogP contribution in [0.15, 0.2) is 24.3 Å². The van der Waals surface area contributed by atoms with E-state index < -0.39 is 0 Å². The molecular formula is C12H17Cl. The summed E-state index contributed by atoms with van der Waals surface area (Å²) >= 11 is 5.78. The molecule has 0 radical (unpaired) electrons. The van der Waals surface area contributed by atoms with Crippen LogP contribution in [0.3, 0.4) is 0 Å². The van der Waals surface area contributed by atoms with Crippen LogP contribution in [0.25, 0.3) is 0 Å². The van der Waals surface area contributed by atoms with Gasteiger partial charge in [-0.15, -0.1) is 0 Å². The Labute approximate surface area is 85.9 Å². The summed E-state index contributed by atoms with van der Waals surface area (Å²) in [5, 5.41) is 0.831. The Bertz CT molecular complexity index is 257. The summed E-state index contributed by atoms with van der Waals surface area (Å²) in [6.07, 6.45) is 2.66. The fourth-order valence-electron chi connectivity index (χ4n) is 1.33. The molecule has 1 aromatic carbocycles. The van der Waals surface area contributed by atoms with Crippen LogP contribution in [-0.4, -0.2) is 0 Å². The van der Waals surface area contributed by atoms with Gasteiger partial charge < -0.3 is 0 Å². The van der Waals surface area contributed by atoms with Crippen molar-refractivity contribution in [3.05, 3.63) is 34.9 Å². The molecule has 0 spiro atoms. The molecule has 0 unspecified atom stereocenters. The maximum Gasteiger partial charge on any atom is 0.0406 e. The lowest BCUT2D eigenvalue weighted by molar-refractivity contribution is 0.788. The van der Waals surface area contributed by atoms with Gasteiger partial charge in [0.05, 0.1) is 0 Å². The van der Waals surface area contributed by atoms with Crippen LogP contribution in [0, 0.1) is 0 Å². The average Bonchev–Trinajstić information content (AvgIpc) is 2.89. The summed E-state index contributed by atoms with van der Waals surface area (Å²) in [7, 11) is 0. The van der Waals surface area contributed by atoms with Crippen LogP contribution >= 0.6 is 11.6 Å². The van der Waals surface area contributed by atoms with Gasteiger partial charge in [0.2, 0.25) is 0 Å². The van der Waals surface area contributed by atoms with Crippen molar-refractivity contribution >= 4 is 11.6 Å². The van der Waals surface area contributed by atoms with E-state index in [9.17, 15) is 0 Å². The zero-order chi connectivity index (χ0) is 9.90. The van der Waals surface area contributed by atoms with Crippen molar-refractivity contribution in [2.45, 2.75) is 39.0 Å². The molecule has 0 heterocycles. The zero-order valence-electron chi connectivity index (χ0n) is 8.60. The Balaban J connectivity index is 0.000000396. The molecule has 1 aromatic rings. The molecular weight excluding hydrogens is 180 g/mol. The highest BCUT2D eigenvalue weighted by Gasteiger charge is 2.38. The minimum atomic E-state index is 0.477. The van der Waals surface area contributed by atoms with Gasteiger partial charge in [-0.1, -0.05) is 44.5 Å². The molecule has 0 nitrogen and oxygen atoms in total. The first-order chi connectivity index (χ1) is 6.21. The molecule has 1 saturated carbocycles. The Kier molecular flexibility index (Phi) is 3.38. The molecule has 1 fully saturated rings. The topological polar surface area (TPSA) is 0 Å². The highest BCUT2D eigenvalue weighted by molar-refractivity contribution is 6.30. The third-order valence-electron chi connectivity index (χ3n) is 2.54. The van der Waals surface area contributed by atoms with E-state index in [0.717, 1.165) is 5.02 Å². The third-order valence-corrected chi connectivity index (χ3v) is 2.79. The van der Waals surface area contributed by atoms with Crippen molar-refractivity contribution in [1.29, 1.82) is 0 Å². The summed E-state index contributed by atoms with van der Waals surface area (Å²) in [6, 6.07) is 8.21. The molecule has 1 aliphatic carbocycles. The van der Waals surface area contributed by atoms with Gasteiger partial charge >= 0.3 is 0 Å². The lowest BCUT2D eigenvalue weighted by atomic mass is 9.99. The number of rotatable bonds is 1. The predicted molar refractivity (Wildman–Crippen MR) is 59.4 cm³/mol. The average molecular weight is 197 g/mol. The highest BCUT2D eigenvalue weighted by Crippen LogP contribution is 2.47. The fourth-order valence-corrected chi connectivity index (χ4v) is 1.45. The maximum atomic E-state index is 5.78. The van der Waals surface area contributed by atoms with Gasteiger partial charge in [0.25, 0.3) is 0 Å². The third kappa shape index (κ3) is 2.47. The monoisotopic (exact) mass is 196 g/mol. The molecule has 0 atom stereocenters. The molecule has 0 amide bonds. The Morgan fingerprint density at radius 3 is 1.92 bits per heavy atom. The predicted octanol–water partition coefficient (Wildman–Crippen LogP) is 4.42. The van der Waals surface area contributed by atoms with E-state index >= 15 is 0 Å². The molecule has 0 aliphatic heterocycles. The van der Waals surface area contributed by atoms with Gasteiger partial charge in [-0.2, -0.15) is 0 Å². The van der Waals surface area contributed by atoms with E-state index in [1.807, 2.05) is 26.0 Å². The first-order valence-corrected chi connectivity index (χ1v) is 5.35. The van der Waals surface area contributed by atoms with E-state index in [4.69, 9.17) is 11.6 Å². The molecule has 0 aromatic heterocycles. The van der Waals surface area contributed by atoms with E-state index in [-0.39, 0.29) is 0 Å². The molecule has 0 bridgehead atoms. The number of hydrogen-bond donors (Lipinski definition) is 0. The second-order valence-electron chi connectivity index (χ2n) is 3.57. The second kappa shape index (κ2) is 4.15. The standard InChI is InChI=1S/C10H11Cl.C2H6/c1-10(6-7-10)8-2-4-9(11)5-3-8;1-2/h2-5H,6-7H2,1H3;1-2H3. The van der Waals surface area contributed by atoms with Crippen LogP contribution in [0.1, 0.15) is 39.2 Å². The summed E-state index contributed by atoms with van der Waals surface area (Å²) < 4.78 is 0. The quantitative estimate of drug-likeness (QED) is 0.624. The summed E-state index contributed by atoms with van der Waals surface area (Å²) in [4.78, 5) is 0. The number of hydrogen-bond acceptors (Lipinski definition) is 0. The largest absolute Gasteiger partial charge is 0.0843 e. The molecule has 72 valence electrons. The van der Waals surface area contributed by atoms with Crippen molar-refractivity contribution in [3.8, 4) is 0 Å². The molecule has 13 heavy (non-hydrogen) atoms. The van der Waals surface area contributed by atoms with Gasteiger partial charge in [-0.3, -0.25) is 0 Å². The van der Waals surface area contributed by atoms with Gasteiger partial charge in [0.1, 0.15) is 0 Å². The molecule has 1 heteroatoms. The van der Waals surface area contributed by atoms with E-state index in [1.54, 1.807) is 0 Å². The summed E-state index contributed by atoms with van der Waals surface area (Å²) in [5.74, 6) is 0. The van der Waals surface area contributed by atoms with Crippen molar-refractivity contribution in [2.75, 3.05) is 0 Å². The smallest absolute Gasteiger partial charge is 0.0406 e. The Hall–Kier alpha value is -0.490. The zero-order valence-corrected chi connectivity index (χ0v) is 9.36. The van der Waals surface area contributed by atoms with Crippen LogP contribution in [0.2, 0.25) is 5.02 Å². The SMILES string of the molecule is CC.CC1(c2ccc(Cl)cc2)CC1. The van der Waals surface area contributed by atoms with Crippen LogP contribution in [-0.2, 0) is 5.41 Å². The van der Waals surface area contributed by atoms with E-state index in [1.165, 1.54) is 18.4 Å².